The van der Waals surface area contributed by atoms with Crippen molar-refractivity contribution in [2.45, 2.75) is 57.2 Å². The number of aliphatic hydroxyl groups is 1. The molecule has 5 heteroatoms. The Morgan fingerprint density at radius 1 is 0.750 bits per heavy atom. The van der Waals surface area contributed by atoms with E-state index in [0.717, 1.165) is 46.5 Å². The van der Waals surface area contributed by atoms with E-state index in [-0.39, 0.29) is 24.9 Å². The van der Waals surface area contributed by atoms with Gasteiger partial charge in [-0.3, -0.25) is 0 Å². The van der Waals surface area contributed by atoms with Crippen molar-refractivity contribution in [2.75, 3.05) is 13.2 Å². The van der Waals surface area contributed by atoms with E-state index in [1.807, 2.05) is 42.5 Å². The van der Waals surface area contributed by atoms with E-state index in [1.165, 1.54) is 11.1 Å². The lowest BCUT2D eigenvalue weighted by Gasteiger charge is -2.36. The smallest absolute Gasteiger partial charge is 0.0854 e. The van der Waals surface area contributed by atoms with Crippen LogP contribution in [0.4, 0.5) is 0 Å². The number of hydrogen-bond donors (Lipinski definition) is 1. The minimum Gasteiger partial charge on any atom is -0.396 e. The first-order chi connectivity index (χ1) is 19.7. The first kappa shape index (κ1) is 28.5. The molecule has 208 valence electrons. The van der Waals surface area contributed by atoms with Gasteiger partial charge in [-0.15, -0.1) is 0 Å². The minimum atomic E-state index is -0.109. The number of halogens is 1. The molecule has 3 atom stereocenters. The lowest BCUT2D eigenvalue weighted by Crippen LogP contribution is -2.35. The summed E-state index contributed by atoms with van der Waals surface area (Å²) in [7, 11) is 0. The number of benzene rings is 4. The number of rotatable bonds is 12. The van der Waals surface area contributed by atoms with Gasteiger partial charge in [0.15, 0.2) is 0 Å². The first-order valence-corrected chi connectivity index (χ1v) is 14.4. The fourth-order valence-corrected chi connectivity index (χ4v) is 5.39. The summed E-state index contributed by atoms with van der Waals surface area (Å²) in [6.45, 7) is 1.80. The molecule has 1 N–H and O–H groups in total. The van der Waals surface area contributed by atoms with Crippen LogP contribution in [0.3, 0.4) is 0 Å². The Morgan fingerprint density at radius 2 is 1.43 bits per heavy atom. The van der Waals surface area contributed by atoms with Crippen LogP contribution in [0.2, 0.25) is 5.02 Å². The zero-order chi connectivity index (χ0) is 27.6. The molecule has 1 saturated heterocycles. The van der Waals surface area contributed by atoms with Crippen molar-refractivity contribution >= 4 is 11.6 Å². The summed E-state index contributed by atoms with van der Waals surface area (Å²) in [6, 6.07) is 35.1. The molecule has 5 rings (SSSR count). The molecule has 0 saturated carbocycles. The van der Waals surface area contributed by atoms with E-state index < -0.39 is 0 Å². The topological polar surface area (TPSA) is 47.9 Å². The molecule has 0 aliphatic carbocycles. The largest absolute Gasteiger partial charge is 0.396 e. The highest BCUT2D eigenvalue weighted by atomic mass is 35.5. The van der Waals surface area contributed by atoms with E-state index in [2.05, 4.69) is 60.7 Å². The third-order valence-electron chi connectivity index (χ3n) is 7.36. The molecule has 4 aromatic rings. The summed E-state index contributed by atoms with van der Waals surface area (Å²) < 4.78 is 19.1. The molecular weight excluding hydrogens is 520 g/mol. The average Bonchev–Trinajstić information content (AvgIpc) is 2.99. The lowest BCUT2D eigenvalue weighted by atomic mass is 9.93. The molecule has 4 nitrogen and oxygen atoms in total. The second-order valence-electron chi connectivity index (χ2n) is 10.5. The predicted octanol–water partition coefficient (Wildman–Crippen LogP) is 7.49. The zero-order valence-corrected chi connectivity index (χ0v) is 23.5. The van der Waals surface area contributed by atoms with Gasteiger partial charge in [0.1, 0.15) is 0 Å². The van der Waals surface area contributed by atoms with Gasteiger partial charge in [0, 0.05) is 24.5 Å². The first-order valence-electron chi connectivity index (χ1n) is 14.1. The van der Waals surface area contributed by atoms with Gasteiger partial charge >= 0.3 is 0 Å². The van der Waals surface area contributed by atoms with Crippen molar-refractivity contribution in [2.24, 2.45) is 0 Å². The van der Waals surface area contributed by atoms with Crippen LogP contribution in [0.5, 0.6) is 0 Å². The molecule has 0 amide bonds. The van der Waals surface area contributed by atoms with E-state index in [1.54, 1.807) is 0 Å². The highest BCUT2D eigenvalue weighted by Gasteiger charge is 2.31. The van der Waals surface area contributed by atoms with Crippen LogP contribution in [0.25, 0.3) is 0 Å². The van der Waals surface area contributed by atoms with Crippen LogP contribution >= 0.6 is 11.6 Å². The van der Waals surface area contributed by atoms with Gasteiger partial charge in [0.05, 0.1) is 38.1 Å². The Labute approximate surface area is 242 Å². The van der Waals surface area contributed by atoms with Gasteiger partial charge in [-0.2, -0.15) is 0 Å². The number of aliphatic hydroxyl groups excluding tert-OH is 1. The molecular formula is C35H37ClO4. The molecule has 0 radical (unpaired) electrons. The maximum absolute atomic E-state index is 9.20. The second-order valence-corrected chi connectivity index (χ2v) is 10.9. The number of ether oxygens (including phenoxy) is 3. The van der Waals surface area contributed by atoms with Gasteiger partial charge in [-0.25, -0.2) is 0 Å². The van der Waals surface area contributed by atoms with Crippen LogP contribution in [-0.4, -0.2) is 30.5 Å². The normalized spacial score (nSPS) is 19.0. The zero-order valence-electron chi connectivity index (χ0n) is 22.8. The molecule has 1 aliphatic heterocycles. The monoisotopic (exact) mass is 556 g/mol. The van der Waals surface area contributed by atoms with E-state index >= 15 is 0 Å². The summed E-state index contributed by atoms with van der Waals surface area (Å²) >= 11 is 6.65. The van der Waals surface area contributed by atoms with Crippen molar-refractivity contribution in [3.63, 3.8) is 0 Å². The average molecular weight is 557 g/mol. The van der Waals surface area contributed by atoms with Crippen LogP contribution in [0, 0.1) is 0 Å². The number of hydrogen-bond acceptors (Lipinski definition) is 4. The fraction of sp³-hybridized carbons (Fsp3) is 0.314. The summed E-state index contributed by atoms with van der Waals surface area (Å²) in [5, 5.41) is 9.95. The van der Waals surface area contributed by atoms with Gasteiger partial charge in [0.2, 0.25) is 0 Å². The van der Waals surface area contributed by atoms with E-state index in [9.17, 15) is 5.11 Å². The Bertz CT molecular complexity index is 1310. The summed E-state index contributed by atoms with van der Waals surface area (Å²) in [4.78, 5) is 0. The van der Waals surface area contributed by atoms with Crippen molar-refractivity contribution in [1.29, 1.82) is 0 Å². The molecule has 0 bridgehead atoms. The second kappa shape index (κ2) is 14.6. The molecule has 4 aromatic carbocycles. The molecule has 1 fully saturated rings. The van der Waals surface area contributed by atoms with Crippen molar-refractivity contribution in [1.82, 2.24) is 0 Å². The Hall–Kier alpha value is -2.99. The lowest BCUT2D eigenvalue weighted by molar-refractivity contribution is -0.142. The van der Waals surface area contributed by atoms with Crippen molar-refractivity contribution in [3.05, 3.63) is 142 Å². The Balaban J connectivity index is 1.28. The SMILES string of the molecule is OCCc1ccc(Cc2cc(C3CC(OCc4ccccc4)CC(COCc4ccccc4)O3)ccc2Cl)cc1. The van der Waals surface area contributed by atoms with Crippen LogP contribution in [0.15, 0.2) is 103 Å². The van der Waals surface area contributed by atoms with Gasteiger partial charge in [-0.05, 0) is 52.3 Å². The third kappa shape index (κ3) is 8.26. The maximum Gasteiger partial charge on any atom is 0.0854 e. The molecule has 40 heavy (non-hydrogen) atoms. The highest BCUT2D eigenvalue weighted by Crippen LogP contribution is 2.35. The quantitative estimate of drug-likeness (QED) is 0.196. The minimum absolute atomic E-state index is 0.0579. The fourth-order valence-electron chi connectivity index (χ4n) is 5.20. The molecule has 3 unspecified atom stereocenters. The third-order valence-corrected chi connectivity index (χ3v) is 7.73. The molecule has 0 spiro atoms. The summed E-state index contributed by atoms with van der Waals surface area (Å²) in [5.74, 6) is 0. The molecule has 0 aromatic heterocycles. The van der Waals surface area contributed by atoms with Crippen LogP contribution in [0.1, 0.15) is 52.3 Å². The van der Waals surface area contributed by atoms with Gasteiger partial charge < -0.3 is 19.3 Å². The standard InChI is InChI=1S/C35H37ClO4/c36-34-16-15-30(20-31(34)19-27-13-11-26(12-14-27)17-18-37)35-22-32(39-24-29-9-5-2-6-10-29)21-33(40-35)25-38-23-28-7-3-1-4-8-28/h1-16,20,32-33,35,37H,17-19,21-25H2. The van der Waals surface area contributed by atoms with E-state index in [0.29, 0.717) is 26.2 Å². The van der Waals surface area contributed by atoms with Gasteiger partial charge in [0.25, 0.3) is 0 Å². The van der Waals surface area contributed by atoms with Crippen molar-refractivity contribution < 1.29 is 19.3 Å². The van der Waals surface area contributed by atoms with Crippen LogP contribution in [-0.2, 0) is 40.3 Å². The molecule has 1 heterocycles. The van der Waals surface area contributed by atoms with Crippen molar-refractivity contribution in [3.8, 4) is 0 Å². The molecule has 1 aliphatic rings. The predicted molar refractivity (Wildman–Crippen MR) is 159 cm³/mol. The van der Waals surface area contributed by atoms with E-state index in [4.69, 9.17) is 25.8 Å². The van der Waals surface area contributed by atoms with Gasteiger partial charge in [-0.1, -0.05) is 109 Å². The van der Waals surface area contributed by atoms with Crippen LogP contribution < -0.4 is 0 Å². The highest BCUT2D eigenvalue weighted by molar-refractivity contribution is 6.31. The summed E-state index contributed by atoms with van der Waals surface area (Å²) in [6.07, 6.45) is 2.85. The Morgan fingerprint density at radius 3 is 2.12 bits per heavy atom. The maximum atomic E-state index is 9.20. The Kier molecular flexibility index (Phi) is 10.4. The summed E-state index contributed by atoms with van der Waals surface area (Å²) in [5.41, 5.74) is 6.81.